The molecular formula is C33H28F3N5O6. The quantitative estimate of drug-likeness (QED) is 0.144. The minimum absolute atomic E-state index is 0.0454. The second-order valence-corrected chi connectivity index (χ2v) is 11.1. The highest BCUT2D eigenvalue weighted by atomic mass is 19.4. The summed E-state index contributed by atoms with van der Waals surface area (Å²) in [4.78, 5) is 29.4. The summed E-state index contributed by atoms with van der Waals surface area (Å²) in [7, 11) is 0. The van der Waals surface area contributed by atoms with Crippen molar-refractivity contribution in [3.05, 3.63) is 95.6 Å². The number of nitrogens with zero attached hydrogens (tertiary/aromatic N) is 3. The predicted octanol–water partition coefficient (Wildman–Crippen LogP) is 5.53. The Morgan fingerprint density at radius 3 is 2.30 bits per heavy atom. The first kappa shape index (κ1) is 31.5. The van der Waals surface area contributed by atoms with E-state index in [1.807, 2.05) is 0 Å². The number of rotatable bonds is 11. The number of amides is 2. The van der Waals surface area contributed by atoms with Crippen LogP contribution in [-0.2, 0) is 11.0 Å². The van der Waals surface area contributed by atoms with Gasteiger partial charge in [0.1, 0.15) is 17.0 Å². The molecule has 5 aromatic rings. The monoisotopic (exact) mass is 647 g/mol. The van der Waals surface area contributed by atoms with E-state index in [2.05, 4.69) is 25.9 Å². The maximum Gasteiger partial charge on any atom is 0.422 e. The summed E-state index contributed by atoms with van der Waals surface area (Å²) in [5, 5.41) is 33.6. The third-order valence-electron chi connectivity index (χ3n) is 7.78. The average Bonchev–Trinajstić information content (AvgIpc) is 3.61. The number of aromatic nitrogens is 3. The first-order valence-corrected chi connectivity index (χ1v) is 14.7. The number of aliphatic hydroxyl groups excluding tert-OH is 1. The molecule has 2 atom stereocenters. The van der Waals surface area contributed by atoms with Gasteiger partial charge in [0.15, 0.2) is 6.10 Å². The van der Waals surface area contributed by atoms with Crippen molar-refractivity contribution in [3.63, 3.8) is 0 Å². The summed E-state index contributed by atoms with van der Waals surface area (Å²) < 4.78 is 52.3. The summed E-state index contributed by atoms with van der Waals surface area (Å²) in [6, 6.07) is 19.6. The molecule has 1 fully saturated rings. The third-order valence-corrected chi connectivity index (χ3v) is 7.78. The van der Waals surface area contributed by atoms with Gasteiger partial charge < -0.3 is 29.9 Å². The Morgan fingerprint density at radius 2 is 1.62 bits per heavy atom. The number of para-hydroxylation sites is 1. The number of benzene rings is 3. The maximum absolute atomic E-state index is 14.1. The number of hydrogen-bond acceptors (Lipinski definition) is 9. The number of phenolic OH excluding ortho intramolecular Hbond substituents is 1. The molecule has 14 heteroatoms. The van der Waals surface area contributed by atoms with Crippen LogP contribution < -0.4 is 10.6 Å². The molecule has 2 heterocycles. The van der Waals surface area contributed by atoms with Gasteiger partial charge in [-0.2, -0.15) is 18.2 Å². The largest absolute Gasteiger partial charge is 0.507 e. The first-order chi connectivity index (χ1) is 22.6. The van der Waals surface area contributed by atoms with Gasteiger partial charge in [-0.1, -0.05) is 77.0 Å². The molecular weight excluding hydrogens is 619 g/mol. The van der Waals surface area contributed by atoms with Crippen molar-refractivity contribution >= 4 is 11.8 Å². The minimum atomic E-state index is -4.83. The van der Waals surface area contributed by atoms with E-state index < -0.39 is 47.0 Å². The van der Waals surface area contributed by atoms with E-state index in [4.69, 9.17) is 9.05 Å². The lowest BCUT2D eigenvalue weighted by molar-refractivity contribution is -0.137. The minimum Gasteiger partial charge on any atom is -0.507 e. The van der Waals surface area contributed by atoms with Gasteiger partial charge in [-0.05, 0) is 42.9 Å². The second-order valence-electron chi connectivity index (χ2n) is 11.1. The van der Waals surface area contributed by atoms with Crippen molar-refractivity contribution in [2.24, 2.45) is 5.92 Å². The Kier molecular flexibility index (Phi) is 8.76. The third kappa shape index (κ3) is 7.02. The van der Waals surface area contributed by atoms with Gasteiger partial charge in [-0.25, -0.2) is 0 Å². The molecule has 0 spiro atoms. The van der Waals surface area contributed by atoms with Gasteiger partial charge in [0.05, 0.1) is 5.56 Å². The van der Waals surface area contributed by atoms with Crippen LogP contribution in [0.25, 0.3) is 34.3 Å². The fraction of sp³-hybridized carbons (Fsp3) is 0.242. The SMILES string of the molecule is O=C(NCCC(NC(=O)C(O)c1ccc(-c2noc(-c3onc(-c4ccccc4)c3C(F)(F)F)n2)cc1)C1CC1)c1ccccc1O. The highest BCUT2D eigenvalue weighted by molar-refractivity contribution is 5.96. The molecule has 2 aromatic heterocycles. The highest BCUT2D eigenvalue weighted by Crippen LogP contribution is 2.43. The van der Waals surface area contributed by atoms with Crippen molar-refractivity contribution in [1.29, 1.82) is 0 Å². The lowest BCUT2D eigenvalue weighted by atomic mass is 10.0. The van der Waals surface area contributed by atoms with Crippen LogP contribution in [-0.4, -0.2) is 49.9 Å². The summed E-state index contributed by atoms with van der Waals surface area (Å²) in [5.41, 5.74) is -0.594. The molecule has 2 amide bonds. The molecule has 1 aliphatic rings. The number of aliphatic hydroxyl groups is 1. The number of hydrogen-bond donors (Lipinski definition) is 4. The van der Waals surface area contributed by atoms with E-state index >= 15 is 0 Å². The molecule has 0 bridgehead atoms. The van der Waals surface area contributed by atoms with Crippen LogP contribution >= 0.6 is 0 Å². The summed E-state index contributed by atoms with van der Waals surface area (Å²) in [6.07, 6.45) is -4.10. The Morgan fingerprint density at radius 1 is 0.915 bits per heavy atom. The van der Waals surface area contributed by atoms with Crippen molar-refractivity contribution in [2.45, 2.75) is 37.6 Å². The Labute approximate surface area is 265 Å². The normalized spacial score (nSPS) is 14.4. The molecule has 0 aliphatic heterocycles. The van der Waals surface area contributed by atoms with E-state index in [1.54, 1.807) is 30.3 Å². The topological polar surface area (TPSA) is 164 Å². The smallest absolute Gasteiger partial charge is 0.422 e. The standard InChI is InChI=1S/C33H28F3N5O6/c34-33(35,36)25-26(19-6-2-1-3-7-19)40-46-28(25)32-39-29(41-47-32)21-14-12-20(13-15-21)27(43)31(45)38-23(18-10-11-18)16-17-37-30(44)22-8-4-5-9-24(22)42/h1-9,12-15,18,23,27,42-43H,10-11,16-17H2,(H,37,44)(H,38,45). The number of carbonyl (C=O) groups excluding carboxylic acids is 2. The van der Waals surface area contributed by atoms with Crippen LogP contribution in [0.3, 0.4) is 0 Å². The Balaban J connectivity index is 1.10. The van der Waals surface area contributed by atoms with E-state index in [0.29, 0.717) is 12.0 Å². The van der Waals surface area contributed by atoms with Crippen LogP contribution in [0.15, 0.2) is 87.9 Å². The Bertz CT molecular complexity index is 1870. The lowest BCUT2D eigenvalue weighted by Gasteiger charge is -2.21. The van der Waals surface area contributed by atoms with Gasteiger partial charge in [0, 0.05) is 23.7 Å². The number of alkyl halides is 3. The summed E-state index contributed by atoms with van der Waals surface area (Å²) in [6.45, 7) is 0.248. The fourth-order valence-corrected chi connectivity index (χ4v) is 5.18. The van der Waals surface area contributed by atoms with Crippen LogP contribution in [0.2, 0.25) is 0 Å². The van der Waals surface area contributed by atoms with Gasteiger partial charge in [0.2, 0.25) is 11.6 Å². The molecule has 1 saturated carbocycles. The highest BCUT2D eigenvalue weighted by Gasteiger charge is 2.43. The zero-order valence-electron chi connectivity index (χ0n) is 24.6. The number of halogens is 3. The summed E-state index contributed by atoms with van der Waals surface area (Å²) in [5.74, 6) is -2.26. The van der Waals surface area contributed by atoms with E-state index in [9.17, 15) is 33.0 Å². The van der Waals surface area contributed by atoms with E-state index in [-0.39, 0.29) is 46.8 Å². The van der Waals surface area contributed by atoms with Crippen molar-refractivity contribution in [2.75, 3.05) is 6.54 Å². The van der Waals surface area contributed by atoms with Gasteiger partial charge in [0.25, 0.3) is 17.7 Å². The fourth-order valence-electron chi connectivity index (χ4n) is 5.18. The zero-order valence-corrected chi connectivity index (χ0v) is 24.6. The van der Waals surface area contributed by atoms with Crippen molar-refractivity contribution in [3.8, 4) is 40.0 Å². The number of aromatic hydroxyl groups is 1. The van der Waals surface area contributed by atoms with Crippen molar-refractivity contribution in [1.82, 2.24) is 25.9 Å². The molecule has 11 nitrogen and oxygen atoms in total. The van der Waals surface area contributed by atoms with Crippen LogP contribution in [0.1, 0.15) is 46.9 Å². The van der Waals surface area contributed by atoms with E-state index in [1.165, 1.54) is 48.5 Å². The molecule has 3 aromatic carbocycles. The second kappa shape index (κ2) is 13.1. The molecule has 4 N–H and O–H groups in total. The lowest BCUT2D eigenvalue weighted by Crippen LogP contribution is -2.41. The zero-order chi connectivity index (χ0) is 33.1. The molecule has 0 radical (unpaired) electrons. The number of nitrogens with one attached hydrogen (secondary N) is 2. The molecule has 1 aliphatic carbocycles. The predicted molar refractivity (Wildman–Crippen MR) is 160 cm³/mol. The average molecular weight is 648 g/mol. The van der Waals surface area contributed by atoms with Gasteiger partial charge >= 0.3 is 6.18 Å². The summed E-state index contributed by atoms with van der Waals surface area (Å²) >= 11 is 0. The molecule has 0 saturated heterocycles. The molecule has 6 rings (SSSR count). The molecule has 242 valence electrons. The molecule has 2 unspecified atom stereocenters. The first-order valence-electron chi connectivity index (χ1n) is 14.7. The van der Waals surface area contributed by atoms with Crippen LogP contribution in [0, 0.1) is 5.92 Å². The van der Waals surface area contributed by atoms with Gasteiger partial charge in [-0.15, -0.1) is 0 Å². The Hall–Kier alpha value is -5.50. The van der Waals surface area contributed by atoms with Crippen LogP contribution in [0.4, 0.5) is 13.2 Å². The maximum atomic E-state index is 14.1. The number of phenols is 1. The molecule has 47 heavy (non-hydrogen) atoms. The number of carbonyl (C=O) groups is 2. The van der Waals surface area contributed by atoms with Gasteiger partial charge in [-0.3, -0.25) is 9.59 Å². The van der Waals surface area contributed by atoms with Crippen LogP contribution in [0.5, 0.6) is 5.75 Å². The van der Waals surface area contributed by atoms with Crippen molar-refractivity contribution < 1.29 is 42.0 Å². The van der Waals surface area contributed by atoms with E-state index in [0.717, 1.165) is 12.8 Å².